The second kappa shape index (κ2) is 12.2. The molecule has 0 bridgehead atoms. The highest BCUT2D eigenvalue weighted by Gasteiger charge is 2.47. The Balaban J connectivity index is 0.00000158. The van der Waals surface area contributed by atoms with E-state index in [0.717, 1.165) is 55.7 Å². The molecule has 8 heteroatoms. The summed E-state index contributed by atoms with van der Waals surface area (Å²) in [5.41, 5.74) is 1.60. The molecule has 3 aliphatic rings. The van der Waals surface area contributed by atoms with Gasteiger partial charge >= 0.3 is 0 Å². The van der Waals surface area contributed by atoms with Gasteiger partial charge in [-0.1, -0.05) is 32.9 Å². The Bertz CT molecular complexity index is 909. The highest BCUT2D eigenvalue weighted by atomic mass is 32.2. The molecular formula is C26H38F2N4OS. The van der Waals surface area contributed by atoms with Crippen molar-refractivity contribution in [2.75, 3.05) is 39.0 Å². The van der Waals surface area contributed by atoms with Crippen LogP contribution in [0.5, 0.6) is 0 Å². The Labute approximate surface area is 207 Å². The summed E-state index contributed by atoms with van der Waals surface area (Å²) in [4.78, 5) is 21.0. The van der Waals surface area contributed by atoms with Crippen LogP contribution in [0.1, 0.15) is 45.6 Å². The zero-order valence-corrected chi connectivity index (χ0v) is 21.7. The quantitative estimate of drug-likeness (QED) is 0.387. The van der Waals surface area contributed by atoms with Crippen LogP contribution in [0.4, 0.5) is 8.78 Å². The molecule has 0 saturated carbocycles. The SMILES string of the molecule is CC.CCC1C=C(C(=NC)N2CCNCC2C)C2C(SCCN2C=O)C1c1ccc(F)cc1F. The van der Waals surface area contributed by atoms with Gasteiger partial charge in [0, 0.05) is 67.8 Å². The Morgan fingerprint density at radius 1 is 1.29 bits per heavy atom. The van der Waals surface area contributed by atoms with E-state index in [9.17, 15) is 13.6 Å². The lowest BCUT2D eigenvalue weighted by molar-refractivity contribution is -0.119. The highest BCUT2D eigenvalue weighted by Crippen LogP contribution is 2.48. The molecule has 1 aliphatic carbocycles. The number of rotatable bonds is 4. The van der Waals surface area contributed by atoms with E-state index >= 15 is 0 Å². The van der Waals surface area contributed by atoms with Crippen LogP contribution in [0.3, 0.4) is 0 Å². The number of carbonyl (C=O) groups excluding carboxylic acids is 1. The van der Waals surface area contributed by atoms with Gasteiger partial charge < -0.3 is 15.1 Å². The number of hydrogen-bond acceptors (Lipinski definition) is 4. The van der Waals surface area contributed by atoms with E-state index in [4.69, 9.17) is 4.99 Å². The smallest absolute Gasteiger partial charge is 0.210 e. The molecule has 1 aromatic carbocycles. The summed E-state index contributed by atoms with van der Waals surface area (Å²) in [7, 11) is 1.81. The van der Waals surface area contributed by atoms with E-state index in [2.05, 4.69) is 30.1 Å². The summed E-state index contributed by atoms with van der Waals surface area (Å²) >= 11 is 1.79. The molecule has 1 amide bonds. The summed E-state index contributed by atoms with van der Waals surface area (Å²) in [6, 6.07) is 4.00. The molecule has 0 spiro atoms. The van der Waals surface area contributed by atoms with Gasteiger partial charge in [-0.25, -0.2) is 8.78 Å². The third-order valence-electron chi connectivity index (χ3n) is 7.03. The Morgan fingerprint density at radius 2 is 2.06 bits per heavy atom. The number of allylic oxidation sites excluding steroid dienone is 1. The van der Waals surface area contributed by atoms with Crippen LogP contribution in [-0.2, 0) is 4.79 Å². The zero-order chi connectivity index (χ0) is 24.8. The Hall–Kier alpha value is -1.93. The molecule has 2 fully saturated rings. The molecule has 2 heterocycles. The van der Waals surface area contributed by atoms with Gasteiger partial charge in [0.05, 0.1) is 6.04 Å². The molecule has 5 atom stereocenters. The summed E-state index contributed by atoms with van der Waals surface area (Å²) < 4.78 is 28.6. The number of amidine groups is 1. The number of aliphatic imine (C=N–C) groups is 1. The molecule has 0 radical (unpaired) electrons. The largest absolute Gasteiger partial charge is 0.351 e. The molecule has 2 aliphatic heterocycles. The van der Waals surface area contributed by atoms with Gasteiger partial charge in [-0.15, -0.1) is 0 Å². The van der Waals surface area contributed by atoms with Crippen LogP contribution in [0.25, 0.3) is 0 Å². The number of amides is 1. The second-order valence-electron chi connectivity index (χ2n) is 8.80. The Morgan fingerprint density at radius 3 is 2.68 bits per heavy atom. The molecule has 4 rings (SSSR count). The van der Waals surface area contributed by atoms with Crippen molar-refractivity contribution in [3.05, 3.63) is 47.0 Å². The van der Waals surface area contributed by atoms with Crippen molar-refractivity contribution in [1.29, 1.82) is 0 Å². The molecule has 34 heavy (non-hydrogen) atoms. The number of benzene rings is 1. The minimum atomic E-state index is -0.568. The molecule has 5 unspecified atom stereocenters. The number of thioether (sulfide) groups is 1. The van der Waals surface area contributed by atoms with Gasteiger partial charge in [0.1, 0.15) is 17.5 Å². The van der Waals surface area contributed by atoms with Crippen LogP contribution in [0.2, 0.25) is 0 Å². The predicted octanol–water partition coefficient (Wildman–Crippen LogP) is 4.31. The van der Waals surface area contributed by atoms with E-state index in [-0.39, 0.29) is 29.2 Å². The average molecular weight is 493 g/mol. The van der Waals surface area contributed by atoms with Crippen LogP contribution in [0.15, 0.2) is 34.8 Å². The van der Waals surface area contributed by atoms with Gasteiger partial charge in [0.25, 0.3) is 0 Å². The van der Waals surface area contributed by atoms with Crippen molar-refractivity contribution in [2.45, 2.75) is 57.4 Å². The van der Waals surface area contributed by atoms with Gasteiger partial charge in [0.15, 0.2) is 0 Å². The van der Waals surface area contributed by atoms with Gasteiger partial charge in [-0.05, 0) is 30.9 Å². The van der Waals surface area contributed by atoms with Crippen molar-refractivity contribution in [1.82, 2.24) is 15.1 Å². The van der Waals surface area contributed by atoms with E-state index in [1.54, 1.807) is 17.8 Å². The van der Waals surface area contributed by atoms with Gasteiger partial charge in [-0.2, -0.15) is 11.8 Å². The standard InChI is InChI=1S/C24H32F2N4OS.C2H6/c1-4-16-11-19(24(27-3)30-8-7-28-13-15(30)2)22-23(32-10-9-29(22)14-31)21(16)18-6-5-17(25)12-20(18)26;1-2/h5-6,11-12,14-16,21-23,28H,4,7-10,13H2,1-3H3;1-2H3. The molecule has 188 valence electrons. The van der Waals surface area contributed by atoms with Crippen LogP contribution in [0, 0.1) is 17.6 Å². The number of halogens is 2. The zero-order valence-electron chi connectivity index (χ0n) is 20.9. The number of fused-ring (bicyclic) bond motifs is 1. The minimum Gasteiger partial charge on any atom is -0.351 e. The maximum atomic E-state index is 15.0. The maximum absolute atomic E-state index is 15.0. The maximum Gasteiger partial charge on any atom is 0.210 e. The number of hydrogen-bond donors (Lipinski definition) is 1. The fraction of sp³-hybridized carbons (Fsp3) is 0.615. The predicted molar refractivity (Wildman–Crippen MR) is 138 cm³/mol. The summed E-state index contributed by atoms with van der Waals surface area (Å²) in [6.07, 6.45) is 3.96. The molecule has 5 nitrogen and oxygen atoms in total. The number of piperazine rings is 1. The average Bonchev–Trinajstić information content (AvgIpc) is 2.86. The summed E-state index contributed by atoms with van der Waals surface area (Å²) in [5.74, 6) is 0.585. The van der Waals surface area contributed by atoms with Crippen molar-refractivity contribution in [2.24, 2.45) is 10.9 Å². The first-order valence-electron chi connectivity index (χ1n) is 12.4. The second-order valence-corrected chi connectivity index (χ2v) is 10.1. The lowest BCUT2D eigenvalue weighted by Crippen LogP contribution is -2.58. The molecular weight excluding hydrogens is 454 g/mol. The van der Waals surface area contributed by atoms with Crippen LogP contribution < -0.4 is 5.32 Å². The summed E-state index contributed by atoms with van der Waals surface area (Å²) in [5, 5.41) is 3.40. The van der Waals surface area contributed by atoms with Crippen molar-refractivity contribution >= 4 is 24.0 Å². The number of nitrogens with zero attached hydrogens (tertiary/aromatic N) is 3. The van der Waals surface area contributed by atoms with E-state index in [0.29, 0.717) is 12.1 Å². The van der Waals surface area contributed by atoms with E-state index < -0.39 is 11.6 Å². The molecule has 1 N–H and O–H groups in total. The molecule has 1 aromatic rings. The monoisotopic (exact) mass is 492 g/mol. The first-order valence-corrected chi connectivity index (χ1v) is 13.5. The topological polar surface area (TPSA) is 47.9 Å². The Kier molecular flexibility index (Phi) is 9.54. The number of carbonyl (C=O) groups is 1. The van der Waals surface area contributed by atoms with E-state index in [1.807, 2.05) is 25.8 Å². The van der Waals surface area contributed by atoms with Gasteiger partial charge in [0.2, 0.25) is 6.41 Å². The van der Waals surface area contributed by atoms with Crippen LogP contribution in [-0.4, -0.2) is 78.4 Å². The van der Waals surface area contributed by atoms with Crippen molar-refractivity contribution < 1.29 is 13.6 Å². The first-order chi connectivity index (χ1) is 16.5. The number of nitrogens with one attached hydrogen (secondary N) is 1. The fourth-order valence-electron chi connectivity index (χ4n) is 5.50. The third kappa shape index (κ3) is 5.18. The van der Waals surface area contributed by atoms with Crippen molar-refractivity contribution in [3.63, 3.8) is 0 Å². The fourth-order valence-corrected chi connectivity index (χ4v) is 7.13. The van der Waals surface area contributed by atoms with Crippen molar-refractivity contribution in [3.8, 4) is 0 Å². The molecule has 2 saturated heterocycles. The lowest BCUT2D eigenvalue weighted by Gasteiger charge is -2.50. The van der Waals surface area contributed by atoms with Gasteiger partial charge in [-0.3, -0.25) is 9.79 Å². The highest BCUT2D eigenvalue weighted by molar-refractivity contribution is 8.00. The third-order valence-corrected chi connectivity index (χ3v) is 8.38. The minimum absolute atomic E-state index is 0.0196. The molecule has 0 aromatic heterocycles. The van der Waals surface area contributed by atoms with Crippen LogP contribution >= 0.6 is 11.8 Å². The normalized spacial score (nSPS) is 29.6. The summed E-state index contributed by atoms with van der Waals surface area (Å²) in [6.45, 7) is 11.6. The van der Waals surface area contributed by atoms with E-state index in [1.165, 1.54) is 6.07 Å². The lowest BCUT2D eigenvalue weighted by atomic mass is 9.72. The first kappa shape index (κ1) is 26.7.